The van der Waals surface area contributed by atoms with Gasteiger partial charge in [0.1, 0.15) is 0 Å². The van der Waals surface area contributed by atoms with Crippen molar-refractivity contribution < 1.29 is 0 Å². The molecule has 0 aromatic carbocycles. The standard InChI is InChI=1S/C11H15ClN2S/c1-7-3-4-13-11(12)10(7)14-9-5-8(2)15-6-9/h3-4,8-9,14H,5-6H2,1-2H3. The molecular weight excluding hydrogens is 228 g/mol. The summed E-state index contributed by atoms with van der Waals surface area (Å²) in [6.07, 6.45) is 2.95. The first kappa shape index (κ1) is 11.1. The molecule has 4 heteroatoms. The minimum absolute atomic E-state index is 0.533. The number of aryl methyl sites for hydroxylation is 1. The molecule has 0 amide bonds. The number of nitrogens with one attached hydrogen (secondary N) is 1. The third-order valence-corrected chi connectivity index (χ3v) is 4.30. The Bertz CT molecular complexity index is 336. The van der Waals surface area contributed by atoms with E-state index in [4.69, 9.17) is 11.6 Å². The molecule has 1 N–H and O–H groups in total. The zero-order valence-electron chi connectivity index (χ0n) is 8.96. The maximum atomic E-state index is 6.06. The van der Waals surface area contributed by atoms with Crippen LogP contribution in [0.15, 0.2) is 12.3 Å². The molecule has 0 saturated carbocycles. The van der Waals surface area contributed by atoms with E-state index < -0.39 is 0 Å². The Balaban J connectivity index is 2.10. The summed E-state index contributed by atoms with van der Waals surface area (Å²) in [7, 11) is 0. The zero-order valence-corrected chi connectivity index (χ0v) is 10.5. The molecule has 1 aliphatic rings. The van der Waals surface area contributed by atoms with E-state index in [2.05, 4.69) is 24.1 Å². The summed E-state index contributed by atoms with van der Waals surface area (Å²) in [6.45, 7) is 4.32. The van der Waals surface area contributed by atoms with Crippen molar-refractivity contribution in [1.29, 1.82) is 0 Å². The van der Waals surface area contributed by atoms with Crippen molar-refractivity contribution in [1.82, 2.24) is 4.98 Å². The summed E-state index contributed by atoms with van der Waals surface area (Å²) in [6, 6.07) is 2.52. The molecule has 2 unspecified atom stereocenters. The molecule has 1 aromatic heterocycles. The average molecular weight is 243 g/mol. The lowest BCUT2D eigenvalue weighted by Gasteiger charge is -2.16. The van der Waals surface area contributed by atoms with Gasteiger partial charge in [0.2, 0.25) is 0 Å². The van der Waals surface area contributed by atoms with Crippen LogP contribution >= 0.6 is 23.4 Å². The van der Waals surface area contributed by atoms with Gasteiger partial charge in [0.25, 0.3) is 0 Å². The molecular formula is C11H15ClN2S. The second-order valence-corrected chi connectivity index (χ2v) is 5.84. The molecule has 15 heavy (non-hydrogen) atoms. The van der Waals surface area contributed by atoms with Gasteiger partial charge in [-0.25, -0.2) is 4.98 Å². The number of hydrogen-bond acceptors (Lipinski definition) is 3. The molecule has 82 valence electrons. The fourth-order valence-corrected chi connectivity index (χ4v) is 3.23. The molecule has 0 spiro atoms. The summed E-state index contributed by atoms with van der Waals surface area (Å²) in [5.41, 5.74) is 2.17. The van der Waals surface area contributed by atoms with Gasteiger partial charge in [0.05, 0.1) is 5.69 Å². The van der Waals surface area contributed by atoms with Crippen molar-refractivity contribution in [2.45, 2.75) is 31.6 Å². The number of pyridine rings is 1. The normalized spacial score (nSPS) is 25.5. The van der Waals surface area contributed by atoms with Crippen LogP contribution in [0.4, 0.5) is 5.69 Å². The summed E-state index contributed by atoms with van der Waals surface area (Å²) in [5.74, 6) is 1.16. The highest BCUT2D eigenvalue weighted by Crippen LogP contribution is 2.31. The van der Waals surface area contributed by atoms with Crippen molar-refractivity contribution in [3.05, 3.63) is 23.0 Å². The Hall–Kier alpha value is -0.410. The van der Waals surface area contributed by atoms with E-state index in [0.29, 0.717) is 11.2 Å². The van der Waals surface area contributed by atoms with Gasteiger partial charge in [-0.15, -0.1) is 0 Å². The second-order valence-electron chi connectivity index (χ2n) is 4.01. The minimum atomic E-state index is 0.533. The summed E-state index contributed by atoms with van der Waals surface area (Å²) < 4.78 is 0. The number of anilines is 1. The smallest absolute Gasteiger partial charge is 0.152 e. The molecule has 1 aromatic rings. The largest absolute Gasteiger partial charge is 0.379 e. The van der Waals surface area contributed by atoms with Gasteiger partial charge in [-0.05, 0) is 25.0 Å². The maximum absolute atomic E-state index is 6.06. The molecule has 2 rings (SSSR count). The lowest BCUT2D eigenvalue weighted by Crippen LogP contribution is -2.20. The van der Waals surface area contributed by atoms with Gasteiger partial charge in [-0.3, -0.25) is 0 Å². The van der Waals surface area contributed by atoms with Crippen molar-refractivity contribution in [2.24, 2.45) is 0 Å². The van der Waals surface area contributed by atoms with Gasteiger partial charge in [-0.1, -0.05) is 18.5 Å². The Labute approximate surface area is 99.8 Å². The third kappa shape index (κ3) is 2.58. The topological polar surface area (TPSA) is 24.9 Å². The molecule has 1 saturated heterocycles. The Morgan fingerprint density at radius 3 is 3.00 bits per heavy atom. The fourth-order valence-electron chi connectivity index (χ4n) is 1.82. The lowest BCUT2D eigenvalue weighted by atomic mass is 10.1. The predicted octanol–water partition coefficient (Wildman–Crippen LogP) is 3.35. The Morgan fingerprint density at radius 2 is 2.40 bits per heavy atom. The first-order valence-electron chi connectivity index (χ1n) is 5.16. The number of rotatable bonds is 2. The Kier molecular flexibility index (Phi) is 3.42. The van der Waals surface area contributed by atoms with Crippen molar-refractivity contribution >= 4 is 29.1 Å². The van der Waals surface area contributed by atoms with Crippen LogP contribution in [0, 0.1) is 6.92 Å². The second kappa shape index (κ2) is 4.62. The molecule has 2 nitrogen and oxygen atoms in total. The van der Waals surface area contributed by atoms with Crippen LogP contribution in [0.1, 0.15) is 18.9 Å². The van der Waals surface area contributed by atoms with Crippen LogP contribution in [0.3, 0.4) is 0 Å². The van der Waals surface area contributed by atoms with Gasteiger partial charge >= 0.3 is 0 Å². The quantitative estimate of drug-likeness (QED) is 0.806. The van der Waals surface area contributed by atoms with E-state index in [0.717, 1.165) is 16.7 Å². The van der Waals surface area contributed by atoms with E-state index in [1.165, 1.54) is 12.0 Å². The predicted molar refractivity (Wildman–Crippen MR) is 67.9 cm³/mol. The summed E-state index contributed by atoms with van der Waals surface area (Å²) in [4.78, 5) is 4.10. The summed E-state index contributed by atoms with van der Waals surface area (Å²) in [5, 5.41) is 4.82. The van der Waals surface area contributed by atoms with Gasteiger partial charge in [-0.2, -0.15) is 11.8 Å². The molecule has 0 radical (unpaired) electrons. The van der Waals surface area contributed by atoms with E-state index in [1.54, 1.807) is 6.20 Å². The molecule has 0 bridgehead atoms. The third-order valence-electron chi connectivity index (χ3n) is 2.66. The molecule has 1 fully saturated rings. The Morgan fingerprint density at radius 1 is 1.60 bits per heavy atom. The van der Waals surface area contributed by atoms with Crippen LogP contribution in [0.25, 0.3) is 0 Å². The van der Waals surface area contributed by atoms with Gasteiger partial charge < -0.3 is 5.32 Å². The van der Waals surface area contributed by atoms with Crippen LogP contribution in [-0.2, 0) is 0 Å². The van der Waals surface area contributed by atoms with Crippen LogP contribution in [0.2, 0.25) is 5.15 Å². The average Bonchev–Trinajstić information content (AvgIpc) is 2.58. The SMILES string of the molecule is Cc1ccnc(Cl)c1NC1CSC(C)C1. The van der Waals surface area contributed by atoms with Gasteiger partial charge in [0.15, 0.2) is 5.15 Å². The summed E-state index contributed by atoms with van der Waals surface area (Å²) >= 11 is 8.07. The highest BCUT2D eigenvalue weighted by molar-refractivity contribution is 8.00. The van der Waals surface area contributed by atoms with E-state index in [9.17, 15) is 0 Å². The number of hydrogen-bond donors (Lipinski definition) is 1. The minimum Gasteiger partial charge on any atom is -0.379 e. The molecule has 1 aliphatic heterocycles. The molecule has 2 heterocycles. The van der Waals surface area contributed by atoms with Crippen LogP contribution < -0.4 is 5.32 Å². The van der Waals surface area contributed by atoms with E-state index >= 15 is 0 Å². The maximum Gasteiger partial charge on any atom is 0.152 e. The highest BCUT2D eigenvalue weighted by atomic mass is 35.5. The molecule has 2 atom stereocenters. The van der Waals surface area contributed by atoms with Crippen LogP contribution in [0.5, 0.6) is 0 Å². The number of halogens is 1. The first-order valence-corrected chi connectivity index (χ1v) is 6.58. The first-order chi connectivity index (χ1) is 7.16. The van der Waals surface area contributed by atoms with Crippen molar-refractivity contribution in [3.8, 4) is 0 Å². The fraction of sp³-hybridized carbons (Fsp3) is 0.545. The molecule has 0 aliphatic carbocycles. The van der Waals surface area contributed by atoms with E-state index in [-0.39, 0.29) is 0 Å². The number of thioether (sulfide) groups is 1. The number of nitrogens with zero attached hydrogens (tertiary/aromatic N) is 1. The van der Waals surface area contributed by atoms with E-state index in [1.807, 2.05) is 17.8 Å². The van der Waals surface area contributed by atoms with Gasteiger partial charge in [0, 0.05) is 23.2 Å². The lowest BCUT2D eigenvalue weighted by molar-refractivity contribution is 0.746. The van der Waals surface area contributed by atoms with Crippen molar-refractivity contribution in [3.63, 3.8) is 0 Å². The number of aromatic nitrogens is 1. The zero-order chi connectivity index (χ0) is 10.8. The highest BCUT2D eigenvalue weighted by Gasteiger charge is 2.22. The van der Waals surface area contributed by atoms with Crippen LogP contribution in [-0.4, -0.2) is 22.0 Å². The monoisotopic (exact) mass is 242 g/mol. The van der Waals surface area contributed by atoms with Crippen molar-refractivity contribution in [2.75, 3.05) is 11.1 Å².